The van der Waals surface area contributed by atoms with Crippen molar-refractivity contribution in [1.29, 1.82) is 0 Å². The van der Waals surface area contributed by atoms with E-state index in [1.54, 1.807) is 6.20 Å². The molecule has 14 heavy (non-hydrogen) atoms. The zero-order valence-corrected chi connectivity index (χ0v) is 8.36. The second-order valence-electron chi connectivity index (χ2n) is 3.22. The van der Waals surface area contributed by atoms with E-state index < -0.39 is 0 Å². The third-order valence-electron chi connectivity index (χ3n) is 2.11. The first-order valence-electron chi connectivity index (χ1n) is 4.72. The van der Waals surface area contributed by atoms with Gasteiger partial charge >= 0.3 is 0 Å². The van der Waals surface area contributed by atoms with Gasteiger partial charge in [0, 0.05) is 24.9 Å². The van der Waals surface area contributed by atoms with Crippen molar-refractivity contribution in [2.45, 2.75) is 32.7 Å². The Morgan fingerprint density at radius 1 is 1.64 bits per heavy atom. The van der Waals surface area contributed by atoms with Gasteiger partial charge in [-0.05, 0) is 25.8 Å². The van der Waals surface area contributed by atoms with Crippen LogP contribution in [-0.4, -0.2) is 15.7 Å². The molecule has 0 bridgehead atoms. The van der Waals surface area contributed by atoms with Crippen LogP contribution in [-0.2, 0) is 11.3 Å². The number of carbonyl (C=O) groups excluding carboxylic acids is 1. The van der Waals surface area contributed by atoms with E-state index in [-0.39, 0.29) is 5.91 Å². The molecule has 1 heterocycles. The minimum Gasteiger partial charge on any atom is -0.294 e. The van der Waals surface area contributed by atoms with E-state index in [2.05, 4.69) is 10.5 Å². The molecule has 0 saturated heterocycles. The van der Waals surface area contributed by atoms with Crippen molar-refractivity contribution in [3.8, 4) is 0 Å². The SMILES string of the molecule is Cc1ccnn1CCCCC(=O)NN. The average Bonchev–Trinajstić information content (AvgIpc) is 2.58. The molecule has 0 aliphatic carbocycles. The number of rotatable bonds is 5. The minimum atomic E-state index is -0.109. The Hall–Kier alpha value is -1.36. The predicted octanol–water partition coefficient (Wildman–Crippen LogP) is 0.352. The zero-order valence-electron chi connectivity index (χ0n) is 8.36. The molecule has 78 valence electrons. The molecule has 0 saturated carbocycles. The molecule has 0 unspecified atom stereocenters. The monoisotopic (exact) mass is 196 g/mol. The van der Waals surface area contributed by atoms with Gasteiger partial charge in [-0.1, -0.05) is 0 Å². The first kappa shape index (κ1) is 10.7. The largest absolute Gasteiger partial charge is 0.294 e. The van der Waals surface area contributed by atoms with Crippen LogP contribution in [0.5, 0.6) is 0 Å². The molecule has 0 atom stereocenters. The number of carbonyl (C=O) groups is 1. The fraction of sp³-hybridized carbons (Fsp3) is 0.556. The Labute approximate surface area is 83.2 Å². The lowest BCUT2D eigenvalue weighted by molar-refractivity contribution is -0.121. The number of amides is 1. The number of hydrogen-bond acceptors (Lipinski definition) is 3. The van der Waals surface area contributed by atoms with Crippen molar-refractivity contribution in [1.82, 2.24) is 15.2 Å². The van der Waals surface area contributed by atoms with Crippen LogP contribution >= 0.6 is 0 Å². The van der Waals surface area contributed by atoms with E-state index in [1.165, 1.54) is 0 Å². The molecule has 0 aromatic carbocycles. The van der Waals surface area contributed by atoms with Crippen molar-refractivity contribution in [3.63, 3.8) is 0 Å². The van der Waals surface area contributed by atoms with E-state index in [1.807, 2.05) is 17.7 Å². The molecule has 1 aromatic heterocycles. The van der Waals surface area contributed by atoms with Gasteiger partial charge in [0.2, 0.25) is 5.91 Å². The highest BCUT2D eigenvalue weighted by atomic mass is 16.2. The minimum absolute atomic E-state index is 0.109. The summed E-state index contributed by atoms with van der Waals surface area (Å²) in [4.78, 5) is 10.8. The number of hydrazine groups is 1. The quantitative estimate of drug-likeness (QED) is 0.309. The molecule has 0 radical (unpaired) electrons. The van der Waals surface area contributed by atoms with Crippen LogP contribution in [0.1, 0.15) is 25.0 Å². The first-order chi connectivity index (χ1) is 6.74. The molecular weight excluding hydrogens is 180 g/mol. The van der Waals surface area contributed by atoms with Crippen molar-refractivity contribution >= 4 is 5.91 Å². The standard InChI is InChI=1S/C9H16N4O/c1-8-5-6-11-13(8)7-3-2-4-9(14)12-10/h5-6H,2-4,7,10H2,1H3,(H,12,14). The lowest BCUT2D eigenvalue weighted by Gasteiger charge is -2.03. The Balaban J connectivity index is 2.16. The molecule has 5 nitrogen and oxygen atoms in total. The fourth-order valence-corrected chi connectivity index (χ4v) is 1.25. The third-order valence-corrected chi connectivity index (χ3v) is 2.11. The van der Waals surface area contributed by atoms with E-state index in [0.717, 1.165) is 25.1 Å². The van der Waals surface area contributed by atoms with Crippen molar-refractivity contribution in [2.75, 3.05) is 0 Å². The Kier molecular flexibility index (Phi) is 4.12. The first-order valence-corrected chi connectivity index (χ1v) is 4.72. The van der Waals surface area contributed by atoms with Gasteiger partial charge in [-0.3, -0.25) is 14.9 Å². The Bertz CT molecular complexity index is 295. The number of nitrogens with one attached hydrogen (secondary N) is 1. The van der Waals surface area contributed by atoms with Crippen molar-refractivity contribution in [3.05, 3.63) is 18.0 Å². The van der Waals surface area contributed by atoms with Gasteiger partial charge in [-0.25, -0.2) is 5.84 Å². The van der Waals surface area contributed by atoms with E-state index in [9.17, 15) is 4.79 Å². The van der Waals surface area contributed by atoms with Gasteiger partial charge in [-0.2, -0.15) is 5.10 Å². The van der Waals surface area contributed by atoms with Crippen LogP contribution in [0, 0.1) is 6.92 Å². The Morgan fingerprint density at radius 2 is 2.43 bits per heavy atom. The molecule has 1 rings (SSSR count). The van der Waals surface area contributed by atoms with Crippen molar-refractivity contribution < 1.29 is 4.79 Å². The summed E-state index contributed by atoms with van der Waals surface area (Å²) in [6.07, 6.45) is 4.04. The summed E-state index contributed by atoms with van der Waals surface area (Å²) < 4.78 is 1.93. The topological polar surface area (TPSA) is 72.9 Å². The molecule has 0 aliphatic rings. The number of aryl methyl sites for hydroxylation is 2. The van der Waals surface area contributed by atoms with Gasteiger partial charge < -0.3 is 0 Å². The predicted molar refractivity (Wildman–Crippen MR) is 53.1 cm³/mol. The highest BCUT2D eigenvalue weighted by molar-refractivity contribution is 5.74. The van der Waals surface area contributed by atoms with E-state index in [0.29, 0.717) is 6.42 Å². The maximum atomic E-state index is 10.8. The number of hydrogen-bond donors (Lipinski definition) is 2. The average molecular weight is 196 g/mol. The van der Waals surface area contributed by atoms with Crippen LogP contribution in [0.3, 0.4) is 0 Å². The van der Waals surface area contributed by atoms with Crippen LogP contribution in [0.4, 0.5) is 0 Å². The van der Waals surface area contributed by atoms with Crippen LogP contribution < -0.4 is 11.3 Å². The van der Waals surface area contributed by atoms with Crippen LogP contribution in [0.2, 0.25) is 0 Å². The van der Waals surface area contributed by atoms with Gasteiger partial charge in [0.15, 0.2) is 0 Å². The van der Waals surface area contributed by atoms with Gasteiger partial charge in [0.25, 0.3) is 0 Å². The number of aromatic nitrogens is 2. The Morgan fingerprint density at radius 3 is 3.00 bits per heavy atom. The molecular formula is C9H16N4O. The molecule has 0 aliphatic heterocycles. The molecule has 3 N–H and O–H groups in total. The highest BCUT2D eigenvalue weighted by Gasteiger charge is 1.99. The lowest BCUT2D eigenvalue weighted by atomic mass is 10.2. The smallest absolute Gasteiger partial charge is 0.233 e. The summed E-state index contributed by atoms with van der Waals surface area (Å²) in [7, 11) is 0. The number of nitrogens with two attached hydrogens (primary N) is 1. The molecule has 0 spiro atoms. The molecule has 1 amide bonds. The zero-order chi connectivity index (χ0) is 10.4. The third kappa shape index (κ3) is 3.18. The second-order valence-corrected chi connectivity index (χ2v) is 3.22. The maximum Gasteiger partial charge on any atom is 0.233 e. The van der Waals surface area contributed by atoms with Gasteiger partial charge in [0.1, 0.15) is 0 Å². The van der Waals surface area contributed by atoms with Crippen LogP contribution in [0.25, 0.3) is 0 Å². The fourth-order valence-electron chi connectivity index (χ4n) is 1.25. The van der Waals surface area contributed by atoms with Crippen LogP contribution in [0.15, 0.2) is 12.3 Å². The number of unbranched alkanes of at least 4 members (excludes halogenated alkanes) is 1. The lowest BCUT2D eigenvalue weighted by Crippen LogP contribution is -2.29. The summed E-state index contributed by atoms with van der Waals surface area (Å²) in [6.45, 7) is 2.87. The highest BCUT2D eigenvalue weighted by Crippen LogP contribution is 2.01. The summed E-state index contributed by atoms with van der Waals surface area (Å²) >= 11 is 0. The summed E-state index contributed by atoms with van der Waals surface area (Å²) in [5, 5.41) is 4.14. The molecule has 1 aromatic rings. The summed E-state index contributed by atoms with van der Waals surface area (Å²) in [5.74, 6) is 4.85. The summed E-state index contributed by atoms with van der Waals surface area (Å²) in [5.41, 5.74) is 3.26. The van der Waals surface area contributed by atoms with Gasteiger partial charge in [0.05, 0.1) is 0 Å². The summed E-state index contributed by atoms with van der Waals surface area (Å²) in [6, 6.07) is 1.96. The normalized spacial score (nSPS) is 10.1. The second kappa shape index (κ2) is 5.39. The number of nitrogens with zero attached hydrogens (tertiary/aromatic N) is 2. The maximum absolute atomic E-state index is 10.8. The van der Waals surface area contributed by atoms with E-state index >= 15 is 0 Å². The van der Waals surface area contributed by atoms with Gasteiger partial charge in [-0.15, -0.1) is 0 Å². The van der Waals surface area contributed by atoms with Crippen molar-refractivity contribution in [2.24, 2.45) is 5.84 Å². The molecule has 0 fully saturated rings. The molecule has 5 heteroatoms. The van der Waals surface area contributed by atoms with E-state index in [4.69, 9.17) is 5.84 Å².